The van der Waals surface area contributed by atoms with Gasteiger partial charge in [0, 0.05) is 44.1 Å². The number of imidazole rings is 1. The number of hydrogen-bond donors (Lipinski definition) is 1. The number of pyridine rings is 1. The van der Waals surface area contributed by atoms with Gasteiger partial charge in [-0.05, 0) is 53.1 Å². The van der Waals surface area contributed by atoms with Crippen molar-refractivity contribution in [3.63, 3.8) is 0 Å². The Kier molecular flexibility index (Phi) is 9.06. The van der Waals surface area contributed by atoms with Crippen LogP contribution in [0.25, 0.3) is 61.6 Å². The molecule has 8 rings (SSSR count). The summed E-state index contributed by atoms with van der Waals surface area (Å²) in [6.07, 6.45) is 1.81. The Balaban J connectivity index is 0.00000392. The van der Waals surface area contributed by atoms with E-state index in [4.69, 9.17) is 4.98 Å². The van der Waals surface area contributed by atoms with Crippen LogP contribution in [0.2, 0.25) is 0 Å². The summed E-state index contributed by atoms with van der Waals surface area (Å²) >= 11 is 0. The van der Waals surface area contributed by atoms with Gasteiger partial charge in [-0.3, -0.25) is 9.55 Å². The Morgan fingerprint density at radius 1 is 0.640 bits per heavy atom. The summed E-state index contributed by atoms with van der Waals surface area (Å²) in [4.78, 5) is 10.1. The summed E-state index contributed by atoms with van der Waals surface area (Å²) in [5.74, 6) is 0.832. The molecular weight excluding hydrogens is 794 g/mol. The molecule has 1 N–H and O–H groups in total. The van der Waals surface area contributed by atoms with Crippen molar-refractivity contribution in [2.24, 2.45) is 0 Å². The molecule has 0 aliphatic rings. The summed E-state index contributed by atoms with van der Waals surface area (Å²) in [5.41, 5.74) is 11.0. The maximum Gasteiger partial charge on any atom is 0.148 e. The average molecular weight is 828 g/mol. The van der Waals surface area contributed by atoms with Crippen molar-refractivity contribution < 1.29 is 26.2 Å². The predicted octanol–water partition coefficient (Wildman–Crippen LogP) is 10.9. The van der Waals surface area contributed by atoms with Gasteiger partial charge < -0.3 is 5.11 Å². The quantitative estimate of drug-likeness (QED) is 0.163. The first kappa shape index (κ1) is 33.0. The molecular formula is C45H34N3OPt-. The number of benzene rings is 6. The molecule has 0 aliphatic heterocycles. The van der Waals surface area contributed by atoms with Crippen molar-refractivity contribution in [2.45, 2.75) is 19.3 Å². The zero-order valence-corrected chi connectivity index (χ0v) is 30.0. The van der Waals surface area contributed by atoms with Crippen molar-refractivity contribution in [3.8, 4) is 56.3 Å². The van der Waals surface area contributed by atoms with Crippen molar-refractivity contribution in [1.82, 2.24) is 14.5 Å². The second kappa shape index (κ2) is 13.7. The third-order valence-electron chi connectivity index (χ3n) is 9.36. The van der Waals surface area contributed by atoms with E-state index in [1.165, 1.54) is 5.56 Å². The summed E-state index contributed by atoms with van der Waals surface area (Å²) in [6.45, 7) is 4.53. The number of fused-ring (bicyclic) bond motifs is 1. The van der Waals surface area contributed by atoms with Crippen LogP contribution >= 0.6 is 0 Å². The molecule has 246 valence electrons. The van der Waals surface area contributed by atoms with Crippen LogP contribution in [0.4, 0.5) is 0 Å². The molecule has 0 unspecified atom stereocenters. The van der Waals surface area contributed by atoms with Crippen molar-refractivity contribution in [2.75, 3.05) is 0 Å². The van der Waals surface area contributed by atoms with Gasteiger partial charge in [0.15, 0.2) is 0 Å². The minimum atomic E-state index is -0.365. The van der Waals surface area contributed by atoms with E-state index in [9.17, 15) is 5.11 Å². The molecule has 0 saturated heterocycles. The molecule has 8 aromatic rings. The molecule has 2 aromatic heterocycles. The Morgan fingerprint density at radius 2 is 1.32 bits per heavy atom. The molecule has 50 heavy (non-hydrogen) atoms. The van der Waals surface area contributed by atoms with Crippen LogP contribution in [-0.2, 0) is 26.5 Å². The Labute approximate surface area is 307 Å². The summed E-state index contributed by atoms with van der Waals surface area (Å²) in [5, 5.41) is 11.6. The molecule has 0 bridgehead atoms. The van der Waals surface area contributed by atoms with E-state index >= 15 is 0 Å². The van der Waals surface area contributed by atoms with Crippen LogP contribution in [-0.4, -0.2) is 19.6 Å². The fourth-order valence-electron chi connectivity index (χ4n) is 6.78. The number of rotatable bonds is 7. The van der Waals surface area contributed by atoms with Gasteiger partial charge >= 0.3 is 0 Å². The number of phenolic OH excluding ortho intramolecular Hbond substituents is 1. The van der Waals surface area contributed by atoms with Gasteiger partial charge in [0.2, 0.25) is 0 Å². The SMILES string of the molecule is CC(C)(c1ccccc1)c1ccc2c(nc(-c3ccc(-c4ccccc4)cc3O)n2-c2ccccc2)c1-c1[c-]c(-c2ccccn2)ccc1.[Pt]. The zero-order chi connectivity index (χ0) is 33.4. The molecule has 2 heterocycles. The van der Waals surface area contributed by atoms with Crippen LogP contribution in [0.3, 0.4) is 0 Å². The molecule has 0 atom stereocenters. The second-order valence-electron chi connectivity index (χ2n) is 12.7. The van der Waals surface area contributed by atoms with Gasteiger partial charge in [-0.2, -0.15) is 0 Å². The van der Waals surface area contributed by atoms with Gasteiger partial charge in [-0.1, -0.05) is 134 Å². The first-order valence-corrected chi connectivity index (χ1v) is 16.5. The minimum Gasteiger partial charge on any atom is -0.507 e. The molecule has 5 heteroatoms. The first-order valence-electron chi connectivity index (χ1n) is 16.5. The summed E-state index contributed by atoms with van der Waals surface area (Å²) in [6, 6.07) is 57.0. The second-order valence-corrected chi connectivity index (χ2v) is 12.7. The van der Waals surface area contributed by atoms with Crippen LogP contribution in [0.1, 0.15) is 25.0 Å². The predicted molar refractivity (Wildman–Crippen MR) is 200 cm³/mol. The van der Waals surface area contributed by atoms with Crippen LogP contribution in [0, 0.1) is 6.07 Å². The molecule has 6 aromatic carbocycles. The van der Waals surface area contributed by atoms with Gasteiger partial charge in [0.25, 0.3) is 0 Å². The molecule has 0 radical (unpaired) electrons. The third kappa shape index (κ3) is 5.97. The van der Waals surface area contributed by atoms with Crippen LogP contribution in [0.15, 0.2) is 164 Å². The summed E-state index contributed by atoms with van der Waals surface area (Å²) < 4.78 is 2.15. The smallest absolute Gasteiger partial charge is 0.148 e. The van der Waals surface area contributed by atoms with E-state index < -0.39 is 0 Å². The summed E-state index contributed by atoms with van der Waals surface area (Å²) in [7, 11) is 0. The number of aromatic hydroxyl groups is 1. The molecule has 4 nitrogen and oxygen atoms in total. The number of para-hydroxylation sites is 1. The van der Waals surface area contributed by atoms with E-state index in [0.717, 1.165) is 55.8 Å². The fraction of sp³-hybridized carbons (Fsp3) is 0.0667. The van der Waals surface area contributed by atoms with Crippen LogP contribution < -0.4 is 0 Å². The number of aromatic nitrogens is 3. The standard InChI is InChI=1S/C45H34N3O.Pt/c1-45(2,35-19-8-4-9-20-35)38-26-27-40-43(42(38)34-18-14-17-33(29-34)39-23-12-13-28-46-39)47-44(48(40)36-21-10-5-11-22-36)37-25-24-32(30-41(37)49)31-15-6-3-7-16-31;/h3-28,30,49H,1-2H3;/q-1;. The maximum absolute atomic E-state index is 11.6. The van der Waals surface area contributed by atoms with Gasteiger partial charge in [0.05, 0.1) is 16.6 Å². The number of hydrogen-bond acceptors (Lipinski definition) is 3. The monoisotopic (exact) mass is 827 g/mol. The minimum absolute atomic E-state index is 0. The molecule has 0 amide bonds. The van der Waals surface area contributed by atoms with Gasteiger partial charge in [-0.25, -0.2) is 4.98 Å². The molecule has 0 aliphatic carbocycles. The molecule has 0 saturated carbocycles. The zero-order valence-electron chi connectivity index (χ0n) is 27.7. The molecule has 0 fully saturated rings. The first-order chi connectivity index (χ1) is 24.0. The average Bonchev–Trinajstić information content (AvgIpc) is 3.55. The Bertz CT molecular complexity index is 2410. The Hall–Kier alpha value is -5.57. The fourth-order valence-corrected chi connectivity index (χ4v) is 6.78. The van der Waals surface area contributed by atoms with Crippen LogP contribution in [0.5, 0.6) is 5.75 Å². The molecule has 0 spiro atoms. The van der Waals surface area contributed by atoms with E-state index in [1.54, 1.807) is 0 Å². The van der Waals surface area contributed by atoms with Crippen molar-refractivity contribution >= 4 is 11.0 Å². The number of phenols is 1. The third-order valence-corrected chi connectivity index (χ3v) is 9.36. The van der Waals surface area contributed by atoms with E-state index in [2.05, 4.69) is 96.2 Å². The van der Waals surface area contributed by atoms with E-state index in [0.29, 0.717) is 11.4 Å². The van der Waals surface area contributed by atoms with Crippen molar-refractivity contribution in [1.29, 1.82) is 0 Å². The van der Waals surface area contributed by atoms with E-state index in [-0.39, 0.29) is 32.2 Å². The van der Waals surface area contributed by atoms with Gasteiger partial charge in [-0.15, -0.1) is 29.8 Å². The normalized spacial score (nSPS) is 11.3. The topological polar surface area (TPSA) is 50.9 Å². The Morgan fingerprint density at radius 3 is 2.02 bits per heavy atom. The number of nitrogens with zero attached hydrogens (tertiary/aromatic N) is 3. The van der Waals surface area contributed by atoms with Gasteiger partial charge in [0.1, 0.15) is 11.6 Å². The largest absolute Gasteiger partial charge is 0.507 e. The van der Waals surface area contributed by atoms with E-state index in [1.807, 2.05) is 97.2 Å². The van der Waals surface area contributed by atoms with Crippen molar-refractivity contribution in [3.05, 3.63) is 181 Å². The maximum atomic E-state index is 11.6.